The summed E-state index contributed by atoms with van der Waals surface area (Å²) in [6, 6.07) is 7.73. The van der Waals surface area contributed by atoms with Gasteiger partial charge in [0, 0.05) is 37.0 Å². The first kappa shape index (κ1) is 13.1. The van der Waals surface area contributed by atoms with Crippen LogP contribution in [0.25, 0.3) is 10.8 Å². The molecule has 0 unspecified atom stereocenters. The van der Waals surface area contributed by atoms with E-state index in [1.807, 2.05) is 24.3 Å². The number of rotatable bonds is 5. The summed E-state index contributed by atoms with van der Waals surface area (Å²) in [4.78, 5) is 15.5. The number of anilines is 1. The number of carbonyl (C=O) groups excluding carboxylic acids is 1. The van der Waals surface area contributed by atoms with Crippen LogP contribution in [0.2, 0.25) is 0 Å². The average molecular weight is 259 g/mol. The number of carbonyl (C=O) groups is 1. The second-order valence-electron chi connectivity index (χ2n) is 4.06. The van der Waals surface area contributed by atoms with Crippen molar-refractivity contribution < 1.29 is 9.53 Å². The summed E-state index contributed by atoms with van der Waals surface area (Å²) < 4.78 is 5.32. The molecular formula is C14H17N3O2. The van der Waals surface area contributed by atoms with Crippen molar-refractivity contribution in [2.45, 2.75) is 6.42 Å². The van der Waals surface area contributed by atoms with E-state index in [0.717, 1.165) is 22.3 Å². The molecule has 1 aromatic carbocycles. The molecule has 0 saturated heterocycles. The number of ether oxygens (including phenoxy) is 1. The van der Waals surface area contributed by atoms with Gasteiger partial charge in [-0.05, 0) is 12.1 Å². The third kappa shape index (κ3) is 2.93. The van der Waals surface area contributed by atoms with Gasteiger partial charge in [0.1, 0.15) is 11.6 Å². The van der Waals surface area contributed by atoms with Crippen LogP contribution in [-0.4, -0.2) is 31.6 Å². The number of aromatic nitrogens is 1. The first-order valence-corrected chi connectivity index (χ1v) is 6.12. The Morgan fingerprint density at radius 1 is 1.32 bits per heavy atom. The van der Waals surface area contributed by atoms with Crippen LogP contribution in [0, 0.1) is 0 Å². The van der Waals surface area contributed by atoms with Crippen molar-refractivity contribution in [3.63, 3.8) is 0 Å². The maximum atomic E-state index is 11.2. The Morgan fingerprint density at radius 2 is 2.16 bits per heavy atom. The number of amides is 1. The van der Waals surface area contributed by atoms with Crippen molar-refractivity contribution >= 4 is 22.5 Å². The standard InChI is InChI=1S/C14H17N3O2/c1-15-13(18)7-9-17-14-11-4-3-5-12(19-2)10(11)6-8-16-14/h3-6,8H,7,9H2,1-2H3,(H,15,18)(H,16,17). The Balaban J connectivity index is 2.21. The minimum absolute atomic E-state index is 0.00492. The summed E-state index contributed by atoms with van der Waals surface area (Å²) in [5, 5.41) is 7.75. The Hall–Kier alpha value is -2.30. The molecule has 0 bridgehead atoms. The van der Waals surface area contributed by atoms with Crippen molar-refractivity contribution in [1.29, 1.82) is 0 Å². The largest absolute Gasteiger partial charge is 0.496 e. The number of pyridine rings is 1. The number of hydrogen-bond acceptors (Lipinski definition) is 4. The van der Waals surface area contributed by atoms with Crippen LogP contribution < -0.4 is 15.4 Å². The summed E-state index contributed by atoms with van der Waals surface area (Å²) in [6.45, 7) is 0.545. The van der Waals surface area contributed by atoms with E-state index < -0.39 is 0 Å². The summed E-state index contributed by atoms with van der Waals surface area (Å²) in [5.74, 6) is 1.58. The molecule has 1 aromatic heterocycles. The number of methoxy groups -OCH3 is 1. The van der Waals surface area contributed by atoms with Gasteiger partial charge in [0.15, 0.2) is 0 Å². The van der Waals surface area contributed by atoms with Gasteiger partial charge >= 0.3 is 0 Å². The van der Waals surface area contributed by atoms with Gasteiger partial charge < -0.3 is 15.4 Å². The molecule has 1 amide bonds. The quantitative estimate of drug-likeness (QED) is 0.859. The maximum Gasteiger partial charge on any atom is 0.221 e. The summed E-state index contributed by atoms with van der Waals surface area (Å²) in [5.41, 5.74) is 0. The minimum Gasteiger partial charge on any atom is -0.496 e. The molecule has 2 aromatic rings. The molecule has 100 valence electrons. The predicted octanol–water partition coefficient (Wildman–Crippen LogP) is 1.79. The zero-order valence-electron chi connectivity index (χ0n) is 11.1. The van der Waals surface area contributed by atoms with Gasteiger partial charge in [-0.25, -0.2) is 4.98 Å². The lowest BCUT2D eigenvalue weighted by Crippen LogP contribution is -2.21. The SMILES string of the molecule is CNC(=O)CCNc1nccc2c(OC)cccc12. The van der Waals surface area contributed by atoms with Crippen LogP contribution in [0.5, 0.6) is 5.75 Å². The third-order valence-electron chi connectivity index (χ3n) is 2.91. The number of fused-ring (bicyclic) bond motifs is 1. The summed E-state index contributed by atoms with van der Waals surface area (Å²) in [7, 11) is 3.28. The van der Waals surface area contributed by atoms with Crippen LogP contribution >= 0.6 is 0 Å². The number of nitrogens with zero attached hydrogens (tertiary/aromatic N) is 1. The van der Waals surface area contributed by atoms with Gasteiger partial charge in [0.2, 0.25) is 5.91 Å². The molecule has 1 heterocycles. The average Bonchev–Trinajstić information content (AvgIpc) is 2.46. The summed E-state index contributed by atoms with van der Waals surface area (Å²) in [6.07, 6.45) is 2.14. The molecule has 5 heteroatoms. The lowest BCUT2D eigenvalue weighted by Gasteiger charge is -2.10. The van der Waals surface area contributed by atoms with E-state index in [1.54, 1.807) is 20.4 Å². The highest BCUT2D eigenvalue weighted by molar-refractivity contribution is 5.95. The molecule has 19 heavy (non-hydrogen) atoms. The Bertz CT molecular complexity index is 584. The van der Waals surface area contributed by atoms with Crippen molar-refractivity contribution in [3.05, 3.63) is 30.5 Å². The van der Waals surface area contributed by atoms with Crippen molar-refractivity contribution in [3.8, 4) is 5.75 Å². The van der Waals surface area contributed by atoms with E-state index in [4.69, 9.17) is 4.74 Å². The predicted molar refractivity (Wildman–Crippen MR) is 75.5 cm³/mol. The van der Waals surface area contributed by atoms with E-state index in [-0.39, 0.29) is 5.91 Å². The van der Waals surface area contributed by atoms with Crippen LogP contribution in [0.4, 0.5) is 5.82 Å². The normalized spacial score (nSPS) is 10.2. The molecule has 2 rings (SSSR count). The molecule has 5 nitrogen and oxygen atoms in total. The van der Waals surface area contributed by atoms with Gasteiger partial charge in [0.05, 0.1) is 7.11 Å². The Morgan fingerprint density at radius 3 is 2.89 bits per heavy atom. The number of hydrogen-bond donors (Lipinski definition) is 2. The smallest absolute Gasteiger partial charge is 0.221 e. The highest BCUT2D eigenvalue weighted by Gasteiger charge is 2.06. The van der Waals surface area contributed by atoms with E-state index in [9.17, 15) is 4.79 Å². The van der Waals surface area contributed by atoms with Crippen LogP contribution in [0.1, 0.15) is 6.42 Å². The molecule has 0 saturated carbocycles. The van der Waals surface area contributed by atoms with Crippen molar-refractivity contribution in [1.82, 2.24) is 10.3 Å². The lowest BCUT2D eigenvalue weighted by molar-refractivity contribution is -0.120. The Kier molecular flexibility index (Phi) is 4.18. The molecule has 2 N–H and O–H groups in total. The van der Waals surface area contributed by atoms with E-state index in [0.29, 0.717) is 13.0 Å². The summed E-state index contributed by atoms with van der Waals surface area (Å²) >= 11 is 0. The molecule has 0 aliphatic rings. The highest BCUT2D eigenvalue weighted by atomic mass is 16.5. The van der Waals surface area contributed by atoms with Crippen molar-refractivity contribution in [2.24, 2.45) is 0 Å². The minimum atomic E-state index is 0.00492. The van der Waals surface area contributed by atoms with E-state index in [1.165, 1.54) is 0 Å². The van der Waals surface area contributed by atoms with Crippen LogP contribution in [0.3, 0.4) is 0 Å². The van der Waals surface area contributed by atoms with Crippen molar-refractivity contribution in [2.75, 3.05) is 26.0 Å². The number of nitrogens with one attached hydrogen (secondary N) is 2. The van der Waals surface area contributed by atoms with Gasteiger partial charge in [-0.2, -0.15) is 0 Å². The molecule has 0 radical (unpaired) electrons. The molecule has 0 aliphatic carbocycles. The molecule has 0 atom stereocenters. The highest BCUT2D eigenvalue weighted by Crippen LogP contribution is 2.28. The van der Waals surface area contributed by atoms with E-state index in [2.05, 4.69) is 15.6 Å². The van der Waals surface area contributed by atoms with Gasteiger partial charge in [-0.15, -0.1) is 0 Å². The maximum absolute atomic E-state index is 11.2. The Labute approximate surface area is 112 Å². The van der Waals surface area contributed by atoms with E-state index >= 15 is 0 Å². The van der Waals surface area contributed by atoms with Gasteiger partial charge in [0.25, 0.3) is 0 Å². The second-order valence-corrected chi connectivity index (χ2v) is 4.06. The molecule has 0 spiro atoms. The van der Waals surface area contributed by atoms with Gasteiger partial charge in [-0.3, -0.25) is 4.79 Å². The molecule has 0 aliphatic heterocycles. The molecule has 0 fully saturated rings. The molecular weight excluding hydrogens is 242 g/mol. The fourth-order valence-corrected chi connectivity index (χ4v) is 1.92. The zero-order chi connectivity index (χ0) is 13.7. The lowest BCUT2D eigenvalue weighted by atomic mass is 10.1. The zero-order valence-corrected chi connectivity index (χ0v) is 11.1. The monoisotopic (exact) mass is 259 g/mol. The first-order chi connectivity index (χ1) is 9.26. The second kappa shape index (κ2) is 6.04. The third-order valence-corrected chi connectivity index (χ3v) is 2.91. The fourth-order valence-electron chi connectivity index (χ4n) is 1.92. The first-order valence-electron chi connectivity index (χ1n) is 6.12. The topological polar surface area (TPSA) is 63.2 Å². The van der Waals surface area contributed by atoms with Crippen LogP contribution in [0.15, 0.2) is 30.5 Å². The van der Waals surface area contributed by atoms with Crippen LogP contribution in [-0.2, 0) is 4.79 Å². The fraction of sp³-hybridized carbons (Fsp3) is 0.286. The number of benzene rings is 1. The van der Waals surface area contributed by atoms with Gasteiger partial charge in [-0.1, -0.05) is 12.1 Å².